The topological polar surface area (TPSA) is 94.4 Å². The molecule has 0 aliphatic carbocycles. The van der Waals surface area contributed by atoms with Gasteiger partial charge in [0.1, 0.15) is 6.54 Å². The lowest BCUT2D eigenvalue weighted by Crippen LogP contribution is -2.18. The third-order valence-corrected chi connectivity index (χ3v) is 4.53. The van der Waals surface area contributed by atoms with Gasteiger partial charge in [0.2, 0.25) is 5.91 Å². The molecular formula is C22H19N5O2. The number of hydrogen-bond acceptors (Lipinski definition) is 3. The number of hydrazone groups is 1. The van der Waals surface area contributed by atoms with Crippen molar-refractivity contribution in [1.82, 2.24) is 14.6 Å². The minimum atomic E-state index is -0.426. The van der Waals surface area contributed by atoms with Gasteiger partial charge in [0.15, 0.2) is 0 Å². The van der Waals surface area contributed by atoms with Crippen LogP contribution in [0.25, 0.3) is 16.6 Å². The number of nitrogens with zero attached hydrogens (tertiary/aromatic N) is 3. The van der Waals surface area contributed by atoms with Crippen molar-refractivity contribution in [1.29, 1.82) is 0 Å². The maximum Gasteiger partial charge on any atom is 0.271 e. The average molecular weight is 385 g/mol. The second kappa shape index (κ2) is 7.85. The number of rotatable bonds is 6. The summed E-state index contributed by atoms with van der Waals surface area (Å²) >= 11 is 0. The van der Waals surface area contributed by atoms with Crippen molar-refractivity contribution in [3.63, 3.8) is 0 Å². The lowest BCUT2D eigenvalue weighted by Gasteiger charge is -2.05. The number of nitrogens with two attached hydrogens (primary N) is 1. The Balaban J connectivity index is 1.53. The van der Waals surface area contributed by atoms with Gasteiger partial charge >= 0.3 is 0 Å². The zero-order chi connectivity index (χ0) is 20.2. The molecule has 2 aromatic carbocycles. The van der Waals surface area contributed by atoms with Gasteiger partial charge in [0.25, 0.3) is 5.91 Å². The van der Waals surface area contributed by atoms with Gasteiger partial charge in [0.05, 0.1) is 6.21 Å². The molecule has 0 aliphatic heterocycles. The molecule has 0 aliphatic rings. The average Bonchev–Trinajstić information content (AvgIpc) is 3.37. The van der Waals surface area contributed by atoms with Crippen LogP contribution < -0.4 is 11.2 Å². The zero-order valence-electron chi connectivity index (χ0n) is 15.5. The van der Waals surface area contributed by atoms with E-state index >= 15 is 0 Å². The van der Waals surface area contributed by atoms with Crippen LogP contribution in [0.1, 0.15) is 15.9 Å². The highest BCUT2D eigenvalue weighted by atomic mass is 16.2. The van der Waals surface area contributed by atoms with E-state index in [1.165, 1.54) is 0 Å². The SMILES string of the molecule is NC(=O)Cn1cc(C=NNC(=O)c2cccc(-n3cccc3)c2)c2ccccc21. The fraction of sp³-hybridized carbons (Fsp3) is 0.0455. The number of carbonyl (C=O) groups is 2. The monoisotopic (exact) mass is 385 g/mol. The van der Waals surface area contributed by atoms with E-state index in [4.69, 9.17) is 5.73 Å². The van der Waals surface area contributed by atoms with Gasteiger partial charge in [-0.1, -0.05) is 24.3 Å². The standard InChI is InChI=1S/C22H19N5O2/c23-21(28)15-27-14-17(19-8-1-2-9-20(19)27)13-24-25-22(29)16-6-5-7-18(12-16)26-10-3-4-11-26/h1-14H,15H2,(H2,23,28)(H,25,29). The van der Waals surface area contributed by atoms with Crippen molar-refractivity contribution in [2.75, 3.05) is 0 Å². The van der Waals surface area contributed by atoms with Crippen molar-refractivity contribution in [3.8, 4) is 5.69 Å². The molecule has 7 heteroatoms. The van der Waals surface area contributed by atoms with Crippen LogP contribution >= 0.6 is 0 Å². The third kappa shape index (κ3) is 3.93. The first kappa shape index (κ1) is 18.2. The lowest BCUT2D eigenvalue weighted by molar-refractivity contribution is -0.118. The smallest absolute Gasteiger partial charge is 0.271 e. The first-order valence-electron chi connectivity index (χ1n) is 9.05. The Morgan fingerprint density at radius 2 is 1.83 bits per heavy atom. The fourth-order valence-electron chi connectivity index (χ4n) is 3.22. The largest absolute Gasteiger partial charge is 0.368 e. The number of fused-ring (bicyclic) bond motifs is 1. The summed E-state index contributed by atoms with van der Waals surface area (Å²) in [7, 11) is 0. The molecule has 144 valence electrons. The fourth-order valence-corrected chi connectivity index (χ4v) is 3.22. The molecule has 0 atom stereocenters. The van der Waals surface area contributed by atoms with E-state index < -0.39 is 5.91 Å². The number of carbonyl (C=O) groups excluding carboxylic acids is 2. The van der Waals surface area contributed by atoms with E-state index in [9.17, 15) is 9.59 Å². The summed E-state index contributed by atoms with van der Waals surface area (Å²) in [6, 6.07) is 18.7. The van der Waals surface area contributed by atoms with Crippen LogP contribution in [0.15, 0.2) is 84.4 Å². The van der Waals surface area contributed by atoms with Crippen molar-refractivity contribution >= 4 is 28.9 Å². The normalized spacial score (nSPS) is 11.2. The second-order valence-electron chi connectivity index (χ2n) is 6.54. The molecule has 0 spiro atoms. The van der Waals surface area contributed by atoms with Gasteiger partial charge in [0, 0.05) is 46.3 Å². The number of benzene rings is 2. The zero-order valence-corrected chi connectivity index (χ0v) is 15.5. The number of nitrogens with one attached hydrogen (secondary N) is 1. The van der Waals surface area contributed by atoms with Crippen LogP contribution in [0, 0.1) is 0 Å². The molecule has 0 radical (unpaired) electrons. The molecule has 0 saturated carbocycles. The molecule has 7 nitrogen and oxygen atoms in total. The first-order valence-corrected chi connectivity index (χ1v) is 9.05. The van der Waals surface area contributed by atoms with E-state index in [0.29, 0.717) is 5.56 Å². The minimum absolute atomic E-state index is 0.0763. The summed E-state index contributed by atoms with van der Waals surface area (Å²) in [5.41, 5.74) is 10.9. The predicted molar refractivity (Wildman–Crippen MR) is 112 cm³/mol. The van der Waals surface area contributed by atoms with Crippen molar-refractivity contribution in [3.05, 3.63) is 90.4 Å². The molecule has 4 rings (SSSR count). The van der Waals surface area contributed by atoms with E-state index in [0.717, 1.165) is 22.2 Å². The molecule has 4 aromatic rings. The van der Waals surface area contributed by atoms with Gasteiger partial charge in [-0.2, -0.15) is 5.10 Å². The van der Waals surface area contributed by atoms with E-state index in [1.807, 2.05) is 65.5 Å². The van der Waals surface area contributed by atoms with Crippen LogP contribution in [-0.2, 0) is 11.3 Å². The van der Waals surface area contributed by atoms with Gasteiger partial charge in [-0.3, -0.25) is 9.59 Å². The molecule has 2 amide bonds. The van der Waals surface area contributed by atoms with Gasteiger partial charge in [-0.05, 0) is 36.4 Å². The highest BCUT2D eigenvalue weighted by molar-refractivity contribution is 6.01. The van der Waals surface area contributed by atoms with Crippen molar-refractivity contribution < 1.29 is 9.59 Å². The Kier molecular flexibility index (Phi) is 4.94. The third-order valence-electron chi connectivity index (χ3n) is 4.53. The van der Waals surface area contributed by atoms with Crippen molar-refractivity contribution in [2.45, 2.75) is 6.54 Å². The lowest BCUT2D eigenvalue weighted by atomic mass is 10.2. The highest BCUT2D eigenvalue weighted by Crippen LogP contribution is 2.20. The summed E-state index contributed by atoms with van der Waals surface area (Å²) in [5, 5.41) is 5.01. The summed E-state index contributed by atoms with van der Waals surface area (Å²) < 4.78 is 3.69. The summed E-state index contributed by atoms with van der Waals surface area (Å²) in [6.07, 6.45) is 7.18. The van der Waals surface area contributed by atoms with Crippen LogP contribution in [0.4, 0.5) is 0 Å². The second-order valence-corrected chi connectivity index (χ2v) is 6.54. The Hall–Kier alpha value is -4.13. The Bertz CT molecular complexity index is 1210. The highest BCUT2D eigenvalue weighted by Gasteiger charge is 2.09. The first-order chi connectivity index (χ1) is 14.1. The van der Waals surface area contributed by atoms with E-state index in [1.54, 1.807) is 29.1 Å². The van der Waals surface area contributed by atoms with E-state index in [2.05, 4.69) is 10.5 Å². The summed E-state index contributed by atoms with van der Waals surface area (Å²) in [4.78, 5) is 23.8. The van der Waals surface area contributed by atoms with Crippen LogP contribution in [0.5, 0.6) is 0 Å². The molecule has 29 heavy (non-hydrogen) atoms. The molecule has 0 unspecified atom stereocenters. The maximum atomic E-state index is 12.5. The summed E-state index contributed by atoms with van der Waals surface area (Å²) in [6.45, 7) is 0.0763. The molecule has 0 bridgehead atoms. The number of amides is 2. The summed E-state index contributed by atoms with van der Waals surface area (Å²) in [5.74, 6) is -0.735. The Morgan fingerprint density at radius 3 is 2.62 bits per heavy atom. The van der Waals surface area contributed by atoms with Gasteiger partial charge in [-0.15, -0.1) is 0 Å². The van der Waals surface area contributed by atoms with Crippen LogP contribution in [-0.4, -0.2) is 27.2 Å². The number of para-hydroxylation sites is 1. The number of primary amides is 1. The van der Waals surface area contributed by atoms with Crippen LogP contribution in [0.3, 0.4) is 0 Å². The quantitative estimate of drug-likeness (QED) is 0.394. The molecule has 2 heterocycles. The van der Waals surface area contributed by atoms with Gasteiger partial charge < -0.3 is 14.9 Å². The number of hydrogen-bond donors (Lipinski definition) is 2. The minimum Gasteiger partial charge on any atom is -0.368 e. The molecular weight excluding hydrogens is 366 g/mol. The number of aromatic nitrogens is 2. The molecule has 0 saturated heterocycles. The van der Waals surface area contributed by atoms with Crippen molar-refractivity contribution in [2.24, 2.45) is 10.8 Å². The van der Waals surface area contributed by atoms with E-state index in [-0.39, 0.29) is 12.5 Å². The van der Waals surface area contributed by atoms with Crippen LogP contribution in [0.2, 0.25) is 0 Å². The van der Waals surface area contributed by atoms with Gasteiger partial charge in [-0.25, -0.2) is 5.43 Å². The molecule has 0 fully saturated rings. The molecule has 3 N–H and O–H groups in total. The maximum absolute atomic E-state index is 12.5. The Morgan fingerprint density at radius 1 is 1.03 bits per heavy atom. The molecule has 2 aromatic heterocycles. The predicted octanol–water partition coefficient (Wildman–Crippen LogP) is 2.68. The Labute approximate surface area is 167 Å².